The molecule has 16 heavy (non-hydrogen) atoms. The molecule has 4 N–H and O–H groups in total. The molecule has 0 aromatic heterocycles. The first-order chi connectivity index (χ1) is 7.76. The van der Waals surface area contributed by atoms with Gasteiger partial charge in [0.1, 0.15) is 18.5 Å². The molecule has 1 fully saturated rings. The molecule has 1 heterocycles. The van der Waals surface area contributed by atoms with Gasteiger partial charge >= 0.3 is 0 Å². The predicted octanol–water partition coefficient (Wildman–Crippen LogP) is 0.212. The van der Waals surface area contributed by atoms with Crippen LogP contribution < -0.4 is 16.7 Å². The van der Waals surface area contributed by atoms with Crippen LogP contribution in [0.15, 0.2) is 23.3 Å². The standard InChI is InChI=1S/C10H11N5O/c11-4-8-3-7(10-5-16-10)1-2-9(8)15(13)6-14-12/h1-3,6,10H,5,12-13H2/b14-6-/t10-/m1/s1. The molecule has 1 saturated heterocycles. The van der Waals surface area contributed by atoms with E-state index >= 15 is 0 Å². The average molecular weight is 217 g/mol. The molecule has 1 aromatic carbocycles. The summed E-state index contributed by atoms with van der Waals surface area (Å²) in [6.07, 6.45) is 1.36. The van der Waals surface area contributed by atoms with Crippen molar-refractivity contribution in [3.05, 3.63) is 29.3 Å². The number of hydrogen-bond acceptors (Lipinski definition) is 5. The number of epoxide rings is 1. The van der Waals surface area contributed by atoms with Gasteiger partial charge in [0.25, 0.3) is 0 Å². The fourth-order valence-corrected chi connectivity index (χ4v) is 1.44. The zero-order valence-corrected chi connectivity index (χ0v) is 8.50. The summed E-state index contributed by atoms with van der Waals surface area (Å²) in [5.41, 5.74) is 2.01. The second-order valence-electron chi connectivity index (χ2n) is 3.38. The van der Waals surface area contributed by atoms with E-state index in [4.69, 9.17) is 21.7 Å². The number of hydrazone groups is 1. The van der Waals surface area contributed by atoms with Crippen LogP contribution >= 0.6 is 0 Å². The number of benzene rings is 1. The fraction of sp³-hybridized carbons (Fsp3) is 0.200. The summed E-state index contributed by atoms with van der Waals surface area (Å²) in [6, 6.07) is 7.46. The highest BCUT2D eigenvalue weighted by Gasteiger charge is 2.25. The number of hydrogen-bond donors (Lipinski definition) is 2. The average Bonchev–Trinajstić information content (AvgIpc) is 3.12. The van der Waals surface area contributed by atoms with E-state index in [-0.39, 0.29) is 6.10 Å². The predicted molar refractivity (Wildman–Crippen MR) is 59.2 cm³/mol. The van der Waals surface area contributed by atoms with Crippen LogP contribution in [0.1, 0.15) is 17.2 Å². The van der Waals surface area contributed by atoms with Crippen LogP contribution in [-0.2, 0) is 4.74 Å². The van der Waals surface area contributed by atoms with Crippen molar-refractivity contribution in [2.45, 2.75) is 6.10 Å². The van der Waals surface area contributed by atoms with Gasteiger partial charge in [0, 0.05) is 0 Å². The molecule has 0 aliphatic carbocycles. The van der Waals surface area contributed by atoms with Gasteiger partial charge in [-0.1, -0.05) is 6.07 Å². The summed E-state index contributed by atoms with van der Waals surface area (Å²) in [4.78, 5) is 0. The Labute approximate surface area is 92.7 Å². The van der Waals surface area contributed by atoms with E-state index in [9.17, 15) is 0 Å². The maximum atomic E-state index is 9.01. The quantitative estimate of drug-likeness (QED) is 0.247. The van der Waals surface area contributed by atoms with E-state index in [1.807, 2.05) is 6.07 Å². The van der Waals surface area contributed by atoms with Gasteiger partial charge in [0.2, 0.25) is 0 Å². The Morgan fingerprint density at radius 1 is 1.62 bits per heavy atom. The van der Waals surface area contributed by atoms with Gasteiger partial charge in [0.15, 0.2) is 0 Å². The minimum absolute atomic E-state index is 0.121. The maximum absolute atomic E-state index is 9.01. The van der Waals surface area contributed by atoms with E-state index in [1.165, 1.54) is 11.3 Å². The molecule has 0 saturated carbocycles. The smallest absolute Gasteiger partial charge is 0.129 e. The minimum Gasteiger partial charge on any atom is -0.368 e. The van der Waals surface area contributed by atoms with Crippen molar-refractivity contribution in [3.8, 4) is 6.07 Å². The van der Waals surface area contributed by atoms with Crippen molar-refractivity contribution in [2.24, 2.45) is 16.8 Å². The third kappa shape index (κ3) is 1.95. The Morgan fingerprint density at radius 2 is 2.38 bits per heavy atom. The topological polar surface area (TPSA) is 104 Å². The van der Waals surface area contributed by atoms with E-state index < -0.39 is 0 Å². The van der Waals surface area contributed by atoms with E-state index in [0.29, 0.717) is 17.9 Å². The Bertz CT molecular complexity index is 461. The van der Waals surface area contributed by atoms with E-state index in [1.54, 1.807) is 12.1 Å². The van der Waals surface area contributed by atoms with Gasteiger partial charge in [0.05, 0.1) is 17.9 Å². The Hall–Kier alpha value is -2.10. The first-order valence-electron chi connectivity index (χ1n) is 4.69. The van der Waals surface area contributed by atoms with Crippen molar-refractivity contribution in [1.29, 1.82) is 5.26 Å². The molecule has 0 spiro atoms. The molecule has 2 rings (SSSR count). The third-order valence-electron chi connectivity index (χ3n) is 2.32. The maximum Gasteiger partial charge on any atom is 0.129 e. The summed E-state index contributed by atoms with van der Waals surface area (Å²) in [5, 5.41) is 13.5. The highest BCUT2D eigenvalue weighted by Crippen LogP contribution is 2.32. The summed E-state index contributed by atoms with van der Waals surface area (Å²) in [7, 11) is 0. The molecule has 0 amide bonds. The molecule has 1 atom stereocenters. The molecule has 1 aliphatic rings. The monoisotopic (exact) mass is 217 g/mol. The summed E-state index contributed by atoms with van der Waals surface area (Å²) >= 11 is 0. The Balaban J connectivity index is 2.35. The van der Waals surface area contributed by atoms with Gasteiger partial charge in [-0.15, -0.1) is 0 Å². The first-order valence-corrected chi connectivity index (χ1v) is 4.69. The van der Waals surface area contributed by atoms with Crippen LogP contribution in [0.4, 0.5) is 5.69 Å². The van der Waals surface area contributed by atoms with Gasteiger partial charge in [-0.3, -0.25) is 5.01 Å². The Morgan fingerprint density at radius 3 is 2.94 bits per heavy atom. The molecule has 6 heteroatoms. The molecule has 82 valence electrons. The SMILES string of the molecule is N#Cc1cc([C@H]2CO2)ccc1N(N)/C=N\N. The number of nitrogens with two attached hydrogens (primary N) is 2. The van der Waals surface area contributed by atoms with Crippen molar-refractivity contribution < 1.29 is 4.74 Å². The number of anilines is 1. The third-order valence-corrected chi connectivity index (χ3v) is 2.32. The zero-order chi connectivity index (χ0) is 11.5. The number of nitriles is 1. The van der Waals surface area contributed by atoms with Crippen LogP contribution in [-0.4, -0.2) is 12.9 Å². The highest BCUT2D eigenvalue weighted by molar-refractivity contribution is 5.80. The summed E-state index contributed by atoms with van der Waals surface area (Å²) < 4.78 is 5.14. The highest BCUT2D eigenvalue weighted by atomic mass is 16.6. The zero-order valence-electron chi connectivity index (χ0n) is 8.50. The molecule has 0 bridgehead atoms. The number of hydrazine groups is 1. The lowest BCUT2D eigenvalue weighted by atomic mass is 10.1. The van der Waals surface area contributed by atoms with E-state index in [0.717, 1.165) is 5.56 Å². The Kier molecular flexibility index (Phi) is 2.72. The number of rotatable bonds is 3. The van der Waals surface area contributed by atoms with Crippen molar-refractivity contribution in [1.82, 2.24) is 0 Å². The molecule has 1 aliphatic heterocycles. The van der Waals surface area contributed by atoms with Gasteiger partial charge < -0.3 is 10.6 Å². The van der Waals surface area contributed by atoms with Crippen molar-refractivity contribution in [3.63, 3.8) is 0 Å². The van der Waals surface area contributed by atoms with Gasteiger partial charge in [-0.25, -0.2) is 5.84 Å². The second-order valence-corrected chi connectivity index (χ2v) is 3.38. The first kappa shape index (κ1) is 10.4. The second kappa shape index (κ2) is 4.18. The van der Waals surface area contributed by atoms with Crippen molar-refractivity contribution >= 4 is 12.0 Å². The number of ether oxygens (including phenoxy) is 1. The lowest BCUT2D eigenvalue weighted by Crippen LogP contribution is -2.30. The normalized spacial score (nSPS) is 18.4. The lowest BCUT2D eigenvalue weighted by Gasteiger charge is -2.14. The van der Waals surface area contributed by atoms with Crippen molar-refractivity contribution in [2.75, 3.05) is 11.6 Å². The fourth-order valence-electron chi connectivity index (χ4n) is 1.44. The van der Waals surface area contributed by atoms with Crippen LogP contribution in [0.25, 0.3) is 0 Å². The molecule has 1 aromatic rings. The minimum atomic E-state index is 0.121. The summed E-state index contributed by atoms with van der Waals surface area (Å²) in [5.74, 6) is 10.6. The van der Waals surface area contributed by atoms with Gasteiger partial charge in [-0.05, 0) is 17.7 Å². The van der Waals surface area contributed by atoms with Crippen LogP contribution in [0.2, 0.25) is 0 Å². The number of nitrogens with zero attached hydrogens (tertiary/aromatic N) is 3. The van der Waals surface area contributed by atoms with E-state index in [2.05, 4.69) is 11.2 Å². The molecule has 0 radical (unpaired) electrons. The van der Waals surface area contributed by atoms with Gasteiger partial charge in [-0.2, -0.15) is 10.4 Å². The largest absolute Gasteiger partial charge is 0.368 e. The molecular weight excluding hydrogens is 206 g/mol. The van der Waals surface area contributed by atoms with Crippen LogP contribution in [0, 0.1) is 11.3 Å². The van der Waals surface area contributed by atoms with Crippen LogP contribution in [0.5, 0.6) is 0 Å². The molecule has 6 nitrogen and oxygen atoms in total. The molecule has 0 unspecified atom stereocenters. The molecular formula is C10H11N5O. The van der Waals surface area contributed by atoms with Crippen LogP contribution in [0.3, 0.4) is 0 Å². The lowest BCUT2D eigenvalue weighted by molar-refractivity contribution is 0.415. The summed E-state index contributed by atoms with van der Waals surface area (Å²) in [6.45, 7) is 0.709.